The highest BCUT2D eigenvalue weighted by Crippen LogP contribution is 2.30. The Balaban J connectivity index is 0.00000121. The van der Waals surface area contributed by atoms with Crippen molar-refractivity contribution in [1.29, 1.82) is 0 Å². The summed E-state index contributed by atoms with van der Waals surface area (Å²) in [6.07, 6.45) is 5.83. The third kappa shape index (κ3) is 4.76. The molecule has 1 unspecified atom stereocenters. The quantitative estimate of drug-likeness (QED) is 0.878. The fourth-order valence-electron chi connectivity index (χ4n) is 3.47. The first kappa shape index (κ1) is 19.6. The van der Waals surface area contributed by atoms with E-state index in [0.29, 0.717) is 5.92 Å². The van der Waals surface area contributed by atoms with Crippen LogP contribution >= 0.6 is 24.8 Å². The zero-order valence-corrected chi connectivity index (χ0v) is 14.7. The summed E-state index contributed by atoms with van der Waals surface area (Å²) in [5, 5.41) is 13.9. The Morgan fingerprint density at radius 2 is 1.55 bits per heavy atom. The first-order chi connectivity index (χ1) is 9.84. The Morgan fingerprint density at radius 1 is 0.955 bits per heavy atom. The molecule has 1 aromatic rings. The van der Waals surface area contributed by atoms with Crippen molar-refractivity contribution in [3.63, 3.8) is 0 Å². The number of hydrogen-bond acceptors (Lipinski definition) is 3. The summed E-state index contributed by atoms with van der Waals surface area (Å²) in [6.45, 7) is 4.42. The number of aliphatic hydroxyl groups is 1. The minimum atomic E-state index is -0.299. The van der Waals surface area contributed by atoms with E-state index in [2.05, 4.69) is 34.5 Å². The smallest absolute Gasteiger partial charge is 0.0819 e. The van der Waals surface area contributed by atoms with E-state index in [1.165, 1.54) is 38.0 Å². The van der Waals surface area contributed by atoms with Crippen molar-refractivity contribution in [2.75, 3.05) is 31.1 Å². The largest absolute Gasteiger partial charge is 0.388 e. The summed E-state index contributed by atoms with van der Waals surface area (Å²) in [5.41, 5.74) is 2.39. The number of piperidine rings is 2. The van der Waals surface area contributed by atoms with Gasteiger partial charge in [0.25, 0.3) is 0 Å². The van der Waals surface area contributed by atoms with Crippen molar-refractivity contribution in [2.45, 2.75) is 38.2 Å². The Morgan fingerprint density at radius 3 is 2.14 bits per heavy atom. The van der Waals surface area contributed by atoms with Gasteiger partial charge >= 0.3 is 0 Å². The molecule has 1 aromatic carbocycles. The van der Waals surface area contributed by atoms with Crippen LogP contribution in [0.2, 0.25) is 0 Å². The van der Waals surface area contributed by atoms with Gasteiger partial charge in [0.05, 0.1) is 6.10 Å². The van der Waals surface area contributed by atoms with Crippen LogP contribution in [0.25, 0.3) is 0 Å². The van der Waals surface area contributed by atoms with Gasteiger partial charge in [0.1, 0.15) is 0 Å². The van der Waals surface area contributed by atoms with Gasteiger partial charge in [0, 0.05) is 18.8 Å². The molecule has 2 N–H and O–H groups in total. The number of halogens is 2. The van der Waals surface area contributed by atoms with Crippen LogP contribution in [0, 0.1) is 5.92 Å². The Bertz CT molecular complexity index is 415. The lowest BCUT2D eigenvalue weighted by molar-refractivity contribution is 0.0889. The van der Waals surface area contributed by atoms with Gasteiger partial charge in [0.15, 0.2) is 0 Å². The number of nitrogens with one attached hydrogen (secondary N) is 1. The Kier molecular flexibility index (Phi) is 8.55. The molecule has 1 atom stereocenters. The zero-order valence-electron chi connectivity index (χ0n) is 13.0. The maximum Gasteiger partial charge on any atom is 0.0819 e. The van der Waals surface area contributed by atoms with E-state index in [0.717, 1.165) is 31.5 Å². The van der Waals surface area contributed by atoms with E-state index in [1.54, 1.807) is 0 Å². The molecule has 2 fully saturated rings. The Labute approximate surface area is 146 Å². The van der Waals surface area contributed by atoms with Gasteiger partial charge in [-0.2, -0.15) is 0 Å². The van der Waals surface area contributed by atoms with Gasteiger partial charge in [0.2, 0.25) is 0 Å². The van der Waals surface area contributed by atoms with Gasteiger partial charge in [-0.25, -0.2) is 0 Å². The van der Waals surface area contributed by atoms with Crippen LogP contribution in [0.1, 0.15) is 43.8 Å². The number of aliphatic hydroxyl groups excluding tert-OH is 1. The first-order valence-electron chi connectivity index (χ1n) is 8.08. The second kappa shape index (κ2) is 9.61. The molecular formula is C17H28Cl2N2O. The lowest BCUT2D eigenvalue weighted by atomic mass is 9.88. The van der Waals surface area contributed by atoms with E-state index >= 15 is 0 Å². The minimum Gasteiger partial charge on any atom is -0.388 e. The van der Waals surface area contributed by atoms with Crippen LogP contribution < -0.4 is 10.2 Å². The predicted molar refractivity (Wildman–Crippen MR) is 97.6 cm³/mol. The van der Waals surface area contributed by atoms with Crippen molar-refractivity contribution in [3.8, 4) is 0 Å². The van der Waals surface area contributed by atoms with Crippen LogP contribution in [0.3, 0.4) is 0 Å². The summed E-state index contributed by atoms with van der Waals surface area (Å²) in [4.78, 5) is 2.46. The fourth-order valence-corrected chi connectivity index (χ4v) is 3.47. The molecular weight excluding hydrogens is 319 g/mol. The van der Waals surface area contributed by atoms with Crippen molar-refractivity contribution >= 4 is 30.5 Å². The molecule has 0 bridgehead atoms. The average Bonchev–Trinajstić information content (AvgIpc) is 2.56. The van der Waals surface area contributed by atoms with Crippen LogP contribution in [-0.2, 0) is 0 Å². The molecule has 126 valence electrons. The maximum atomic E-state index is 10.5. The van der Waals surface area contributed by atoms with Crippen molar-refractivity contribution in [3.05, 3.63) is 29.8 Å². The topological polar surface area (TPSA) is 35.5 Å². The molecule has 0 aromatic heterocycles. The summed E-state index contributed by atoms with van der Waals surface area (Å²) >= 11 is 0. The molecule has 22 heavy (non-hydrogen) atoms. The molecule has 0 spiro atoms. The molecule has 0 amide bonds. The molecule has 3 rings (SSSR count). The molecule has 0 saturated carbocycles. The van der Waals surface area contributed by atoms with Gasteiger partial charge in [-0.3, -0.25) is 0 Å². The number of nitrogens with zero attached hydrogens (tertiary/aromatic N) is 1. The zero-order chi connectivity index (χ0) is 13.8. The van der Waals surface area contributed by atoms with Crippen molar-refractivity contribution in [2.24, 2.45) is 5.92 Å². The highest BCUT2D eigenvalue weighted by molar-refractivity contribution is 5.85. The molecule has 5 heteroatoms. The standard InChI is InChI=1S/C17H26N2O.2ClH/c20-17(15-8-10-18-11-9-15)14-4-6-16(7-5-14)19-12-2-1-3-13-19;;/h4-7,15,17-18,20H,1-3,8-13H2;2*1H. The SMILES string of the molecule is Cl.Cl.OC(c1ccc(N2CCCCC2)cc1)C1CCNCC1. The van der Waals surface area contributed by atoms with E-state index in [9.17, 15) is 5.11 Å². The number of hydrogen-bond donors (Lipinski definition) is 2. The maximum absolute atomic E-state index is 10.5. The molecule has 2 aliphatic rings. The third-order valence-corrected chi connectivity index (χ3v) is 4.79. The van der Waals surface area contributed by atoms with Crippen molar-refractivity contribution in [1.82, 2.24) is 5.32 Å². The molecule has 2 saturated heterocycles. The van der Waals surface area contributed by atoms with Crippen LogP contribution in [0.5, 0.6) is 0 Å². The molecule has 0 radical (unpaired) electrons. The van der Waals surface area contributed by atoms with Crippen LogP contribution in [0.4, 0.5) is 5.69 Å². The normalized spacial score (nSPS) is 20.7. The van der Waals surface area contributed by atoms with E-state index in [4.69, 9.17) is 0 Å². The van der Waals surface area contributed by atoms with Crippen LogP contribution in [0.15, 0.2) is 24.3 Å². The molecule has 0 aliphatic carbocycles. The van der Waals surface area contributed by atoms with Crippen LogP contribution in [-0.4, -0.2) is 31.3 Å². The van der Waals surface area contributed by atoms with E-state index in [-0.39, 0.29) is 30.9 Å². The van der Waals surface area contributed by atoms with Crippen molar-refractivity contribution < 1.29 is 5.11 Å². The molecule has 3 nitrogen and oxygen atoms in total. The highest BCUT2D eigenvalue weighted by Gasteiger charge is 2.23. The Hall–Kier alpha value is -0.480. The second-order valence-corrected chi connectivity index (χ2v) is 6.17. The summed E-state index contributed by atoms with van der Waals surface area (Å²) in [5.74, 6) is 0.414. The number of benzene rings is 1. The fraction of sp³-hybridized carbons (Fsp3) is 0.647. The summed E-state index contributed by atoms with van der Waals surface area (Å²) in [7, 11) is 0. The van der Waals surface area contributed by atoms with E-state index < -0.39 is 0 Å². The van der Waals surface area contributed by atoms with Gasteiger partial charge in [-0.05, 0) is 68.8 Å². The predicted octanol–water partition coefficient (Wildman–Crippen LogP) is 3.55. The highest BCUT2D eigenvalue weighted by atomic mass is 35.5. The van der Waals surface area contributed by atoms with E-state index in [1.807, 2.05) is 0 Å². The van der Waals surface area contributed by atoms with Gasteiger partial charge < -0.3 is 15.3 Å². The molecule has 2 aliphatic heterocycles. The minimum absolute atomic E-state index is 0. The lowest BCUT2D eigenvalue weighted by Crippen LogP contribution is -2.31. The molecule has 2 heterocycles. The summed E-state index contributed by atoms with van der Waals surface area (Å²) < 4.78 is 0. The second-order valence-electron chi connectivity index (χ2n) is 6.17. The first-order valence-corrected chi connectivity index (χ1v) is 8.08. The third-order valence-electron chi connectivity index (χ3n) is 4.79. The monoisotopic (exact) mass is 346 g/mol. The summed E-state index contributed by atoms with van der Waals surface area (Å²) in [6, 6.07) is 8.61. The van der Waals surface area contributed by atoms with Gasteiger partial charge in [-0.1, -0.05) is 12.1 Å². The number of anilines is 1. The lowest BCUT2D eigenvalue weighted by Gasteiger charge is -2.30. The average molecular weight is 347 g/mol. The van der Waals surface area contributed by atoms with Gasteiger partial charge in [-0.15, -0.1) is 24.8 Å². The number of rotatable bonds is 3.